The van der Waals surface area contributed by atoms with Crippen LogP contribution >= 0.6 is 0 Å². The van der Waals surface area contributed by atoms with Crippen LogP contribution in [0.3, 0.4) is 0 Å². The normalized spacial score (nSPS) is 17.3. The second kappa shape index (κ2) is 6.64. The average Bonchev–Trinajstić information content (AvgIpc) is 3.05. The molecule has 1 amide bonds. The lowest BCUT2D eigenvalue weighted by Gasteiger charge is -2.24. The molecule has 1 fully saturated rings. The summed E-state index contributed by atoms with van der Waals surface area (Å²) < 4.78 is 5.19. The topological polar surface area (TPSA) is 75.3 Å². The highest BCUT2D eigenvalue weighted by Crippen LogP contribution is 2.30. The summed E-state index contributed by atoms with van der Waals surface area (Å²) in [5.74, 6) is 0.796. The Morgan fingerprint density at radius 3 is 3.09 bits per heavy atom. The minimum atomic E-state index is -0.380. The first kappa shape index (κ1) is 15.3. The lowest BCUT2D eigenvalue weighted by Crippen LogP contribution is -2.33. The van der Waals surface area contributed by atoms with Crippen LogP contribution in [0.25, 0.3) is 0 Å². The molecular weight excluding hydrogens is 294 g/mol. The summed E-state index contributed by atoms with van der Waals surface area (Å²) in [5.41, 5.74) is 1.29. The number of hydrogen-bond donors (Lipinski definition) is 1. The lowest BCUT2D eigenvalue weighted by molar-refractivity contribution is -0.131. The molecule has 1 aliphatic rings. The predicted octanol–water partition coefficient (Wildman–Crippen LogP) is 1.68. The maximum atomic E-state index is 12.7. The summed E-state index contributed by atoms with van der Waals surface area (Å²) in [4.78, 5) is 32.3. The van der Waals surface area contributed by atoms with Crippen LogP contribution < -0.4 is 10.4 Å². The van der Waals surface area contributed by atoms with Crippen LogP contribution in [0.5, 0.6) is 5.75 Å². The molecule has 1 aliphatic heterocycles. The molecule has 1 atom stereocenters. The van der Waals surface area contributed by atoms with E-state index in [9.17, 15) is 9.59 Å². The summed E-state index contributed by atoms with van der Waals surface area (Å²) in [5, 5.41) is 0. The Morgan fingerprint density at radius 2 is 2.30 bits per heavy atom. The minimum absolute atomic E-state index is 0.0541. The molecule has 0 aliphatic carbocycles. The first-order chi connectivity index (χ1) is 11.2. The van der Waals surface area contributed by atoms with Gasteiger partial charge in [-0.3, -0.25) is 4.79 Å². The molecule has 1 N–H and O–H groups in total. The zero-order chi connectivity index (χ0) is 16.2. The molecule has 0 radical (unpaired) electrons. The Labute approximate surface area is 134 Å². The zero-order valence-electron chi connectivity index (χ0n) is 13.0. The van der Waals surface area contributed by atoms with Crippen molar-refractivity contribution >= 4 is 5.91 Å². The Balaban J connectivity index is 1.76. The number of nitrogens with zero attached hydrogens (tertiary/aromatic N) is 2. The first-order valence-electron chi connectivity index (χ1n) is 7.65. The quantitative estimate of drug-likeness (QED) is 0.932. The molecule has 3 rings (SSSR count). The van der Waals surface area contributed by atoms with Gasteiger partial charge in [0.15, 0.2) is 0 Å². The summed E-state index contributed by atoms with van der Waals surface area (Å²) in [6, 6.07) is 9.21. The second-order valence-corrected chi connectivity index (χ2v) is 5.60. The Bertz CT molecular complexity index is 756. The maximum absolute atomic E-state index is 12.7. The fourth-order valence-electron chi connectivity index (χ4n) is 3.02. The van der Waals surface area contributed by atoms with E-state index in [0.29, 0.717) is 13.0 Å². The third-order valence-electron chi connectivity index (χ3n) is 4.12. The Morgan fingerprint density at radius 1 is 1.43 bits per heavy atom. The van der Waals surface area contributed by atoms with Crippen molar-refractivity contribution in [2.24, 2.45) is 0 Å². The third kappa shape index (κ3) is 3.41. The number of methoxy groups -OCH3 is 1. The molecule has 1 aromatic heterocycles. The number of likely N-dealkylation sites (tertiary alicyclic amines) is 1. The maximum Gasteiger partial charge on any atom is 0.345 e. The van der Waals surface area contributed by atoms with Gasteiger partial charge in [0, 0.05) is 18.4 Å². The minimum Gasteiger partial charge on any atom is -0.497 e. The van der Waals surface area contributed by atoms with E-state index in [1.54, 1.807) is 13.2 Å². The zero-order valence-corrected chi connectivity index (χ0v) is 13.0. The number of hydrogen-bond acceptors (Lipinski definition) is 4. The summed E-state index contributed by atoms with van der Waals surface area (Å²) in [6.07, 6.45) is 3.59. The largest absolute Gasteiger partial charge is 0.497 e. The SMILES string of the molecule is COc1cccc(CC(=O)N2CCCC2c2ccnc(=O)[nH]2)c1. The fraction of sp³-hybridized carbons (Fsp3) is 0.353. The van der Waals surface area contributed by atoms with E-state index in [1.807, 2.05) is 29.2 Å². The number of nitrogens with one attached hydrogen (secondary N) is 1. The standard InChI is InChI=1S/C17H19N3O3/c1-23-13-5-2-4-12(10-13)11-16(21)20-9-3-6-15(20)14-7-8-18-17(22)19-14/h2,4-5,7-8,10,15H,3,6,9,11H2,1H3,(H,18,19,22). The molecule has 0 spiro atoms. The number of rotatable bonds is 4. The molecule has 2 aromatic rings. The molecule has 6 heteroatoms. The van der Waals surface area contributed by atoms with Gasteiger partial charge in [-0.25, -0.2) is 9.78 Å². The molecule has 6 nitrogen and oxygen atoms in total. The predicted molar refractivity (Wildman–Crippen MR) is 85.2 cm³/mol. The van der Waals surface area contributed by atoms with Gasteiger partial charge in [-0.2, -0.15) is 0 Å². The fourth-order valence-corrected chi connectivity index (χ4v) is 3.02. The number of aromatic amines is 1. The van der Waals surface area contributed by atoms with Gasteiger partial charge < -0.3 is 14.6 Å². The third-order valence-corrected chi connectivity index (χ3v) is 4.12. The molecule has 1 saturated heterocycles. The van der Waals surface area contributed by atoms with Crippen LogP contribution in [-0.2, 0) is 11.2 Å². The van der Waals surface area contributed by atoms with Gasteiger partial charge in [-0.05, 0) is 36.6 Å². The smallest absolute Gasteiger partial charge is 0.345 e. The van der Waals surface area contributed by atoms with E-state index in [4.69, 9.17) is 4.74 Å². The van der Waals surface area contributed by atoms with Crippen molar-refractivity contribution in [1.82, 2.24) is 14.9 Å². The molecule has 23 heavy (non-hydrogen) atoms. The van der Waals surface area contributed by atoms with Crippen molar-refractivity contribution in [2.75, 3.05) is 13.7 Å². The lowest BCUT2D eigenvalue weighted by atomic mass is 10.1. The summed E-state index contributed by atoms with van der Waals surface area (Å²) in [6.45, 7) is 0.706. The molecule has 0 saturated carbocycles. The van der Waals surface area contributed by atoms with Gasteiger partial charge in [-0.15, -0.1) is 0 Å². The monoisotopic (exact) mass is 313 g/mol. The molecule has 1 unspecified atom stereocenters. The highest BCUT2D eigenvalue weighted by Gasteiger charge is 2.30. The number of aromatic nitrogens is 2. The molecule has 1 aromatic carbocycles. The first-order valence-corrected chi connectivity index (χ1v) is 7.65. The summed E-state index contributed by atoms with van der Waals surface area (Å²) >= 11 is 0. The highest BCUT2D eigenvalue weighted by molar-refractivity contribution is 5.79. The highest BCUT2D eigenvalue weighted by atomic mass is 16.5. The number of amides is 1. The van der Waals surface area contributed by atoms with E-state index in [1.165, 1.54) is 6.20 Å². The van der Waals surface area contributed by atoms with Gasteiger partial charge in [0.2, 0.25) is 5.91 Å². The van der Waals surface area contributed by atoms with Gasteiger partial charge in [0.05, 0.1) is 19.6 Å². The van der Waals surface area contributed by atoms with E-state index < -0.39 is 0 Å². The van der Waals surface area contributed by atoms with Gasteiger partial charge in [0.1, 0.15) is 5.75 Å². The van der Waals surface area contributed by atoms with E-state index >= 15 is 0 Å². The van der Waals surface area contributed by atoms with Crippen molar-refractivity contribution in [3.05, 3.63) is 58.3 Å². The van der Waals surface area contributed by atoms with Crippen molar-refractivity contribution in [3.63, 3.8) is 0 Å². The molecule has 2 heterocycles. The Hall–Kier alpha value is -2.63. The van der Waals surface area contributed by atoms with Crippen LogP contribution in [0.4, 0.5) is 0 Å². The molecular formula is C17H19N3O3. The average molecular weight is 313 g/mol. The van der Waals surface area contributed by atoms with Crippen molar-refractivity contribution in [1.29, 1.82) is 0 Å². The van der Waals surface area contributed by atoms with E-state index in [-0.39, 0.29) is 17.6 Å². The van der Waals surface area contributed by atoms with Gasteiger partial charge in [-0.1, -0.05) is 12.1 Å². The van der Waals surface area contributed by atoms with E-state index in [2.05, 4.69) is 9.97 Å². The van der Waals surface area contributed by atoms with Crippen LogP contribution in [0, 0.1) is 0 Å². The van der Waals surface area contributed by atoms with Crippen molar-refractivity contribution < 1.29 is 9.53 Å². The number of ether oxygens (including phenoxy) is 1. The van der Waals surface area contributed by atoms with Crippen molar-refractivity contribution in [2.45, 2.75) is 25.3 Å². The van der Waals surface area contributed by atoms with E-state index in [0.717, 1.165) is 29.8 Å². The number of benzene rings is 1. The molecule has 0 bridgehead atoms. The van der Waals surface area contributed by atoms with Crippen LogP contribution in [0.15, 0.2) is 41.3 Å². The molecule has 120 valence electrons. The summed E-state index contributed by atoms with van der Waals surface area (Å²) in [7, 11) is 1.61. The van der Waals surface area contributed by atoms with Crippen LogP contribution in [0.1, 0.15) is 30.1 Å². The van der Waals surface area contributed by atoms with Gasteiger partial charge in [0.25, 0.3) is 0 Å². The van der Waals surface area contributed by atoms with Crippen LogP contribution in [-0.4, -0.2) is 34.4 Å². The van der Waals surface area contributed by atoms with Crippen molar-refractivity contribution in [3.8, 4) is 5.75 Å². The van der Waals surface area contributed by atoms with Crippen LogP contribution in [0.2, 0.25) is 0 Å². The van der Waals surface area contributed by atoms with Gasteiger partial charge >= 0.3 is 5.69 Å². The Kier molecular flexibility index (Phi) is 4.41. The number of carbonyl (C=O) groups is 1. The second-order valence-electron chi connectivity index (χ2n) is 5.60. The number of H-pyrrole nitrogens is 1. The number of carbonyl (C=O) groups excluding carboxylic acids is 1.